The van der Waals surface area contributed by atoms with Gasteiger partial charge in [0.1, 0.15) is 17.7 Å². The molecule has 1 aliphatic rings. The third-order valence-electron chi connectivity index (χ3n) is 3.12. The van der Waals surface area contributed by atoms with E-state index in [1.165, 1.54) is 11.6 Å². The Morgan fingerprint density at radius 2 is 2.11 bits per heavy atom. The molecule has 2 nitrogen and oxygen atoms in total. The van der Waals surface area contributed by atoms with Gasteiger partial charge in [-0.3, -0.25) is 0 Å². The smallest absolute Gasteiger partial charge is 0.147 e. The van der Waals surface area contributed by atoms with Crippen molar-refractivity contribution in [3.05, 3.63) is 53.8 Å². The second-order valence-electron chi connectivity index (χ2n) is 4.55. The Hall–Kier alpha value is -1.68. The first-order valence-electron chi connectivity index (χ1n) is 6.15. The topological polar surface area (TPSA) is 35.2 Å². The van der Waals surface area contributed by atoms with Crippen LogP contribution in [0.5, 0.6) is 5.75 Å². The molecular weight excluding hydrogens is 261 g/mol. The van der Waals surface area contributed by atoms with Crippen LogP contribution in [0.4, 0.5) is 10.1 Å². The van der Waals surface area contributed by atoms with E-state index in [1.807, 2.05) is 24.3 Å². The number of nitrogens with two attached hydrogens (primary N) is 1. The van der Waals surface area contributed by atoms with Gasteiger partial charge in [-0.05, 0) is 29.8 Å². The van der Waals surface area contributed by atoms with Crippen molar-refractivity contribution in [2.75, 3.05) is 11.5 Å². The Kier molecular flexibility index (Phi) is 3.34. The average Bonchev–Trinajstić information content (AvgIpc) is 2.83. The molecule has 0 amide bonds. The predicted molar refractivity (Wildman–Crippen MR) is 76.1 cm³/mol. The van der Waals surface area contributed by atoms with Crippen LogP contribution in [0.3, 0.4) is 0 Å². The number of halogens is 1. The predicted octanol–water partition coefficient (Wildman–Crippen LogP) is 3.50. The number of hydrogen-bond donors (Lipinski definition) is 1. The summed E-state index contributed by atoms with van der Waals surface area (Å²) in [5, 5.41) is 0. The van der Waals surface area contributed by atoms with Crippen LogP contribution in [0.25, 0.3) is 0 Å². The van der Waals surface area contributed by atoms with Gasteiger partial charge in [-0.2, -0.15) is 0 Å². The minimum Gasteiger partial charge on any atom is -0.489 e. The van der Waals surface area contributed by atoms with E-state index in [0.717, 1.165) is 22.8 Å². The Labute approximate surface area is 115 Å². The standard InChI is InChI=1S/C15H14FNOS/c16-13-8-12(5-6-14(13)17)19-9-11-7-10-3-1-2-4-15(10)18-11/h1-6,8,11H,7,9,17H2. The van der Waals surface area contributed by atoms with Gasteiger partial charge in [0, 0.05) is 17.1 Å². The van der Waals surface area contributed by atoms with Crippen LogP contribution in [-0.4, -0.2) is 11.9 Å². The van der Waals surface area contributed by atoms with Gasteiger partial charge in [-0.1, -0.05) is 18.2 Å². The van der Waals surface area contributed by atoms with Gasteiger partial charge in [-0.25, -0.2) is 4.39 Å². The van der Waals surface area contributed by atoms with Crippen molar-refractivity contribution in [1.29, 1.82) is 0 Å². The molecule has 0 bridgehead atoms. The molecule has 2 N–H and O–H groups in total. The van der Waals surface area contributed by atoms with E-state index >= 15 is 0 Å². The number of ether oxygens (including phenoxy) is 1. The summed E-state index contributed by atoms with van der Waals surface area (Å²) in [5.41, 5.74) is 6.89. The van der Waals surface area contributed by atoms with Gasteiger partial charge in [0.05, 0.1) is 5.69 Å². The number of thioether (sulfide) groups is 1. The van der Waals surface area contributed by atoms with Crippen LogP contribution in [-0.2, 0) is 6.42 Å². The van der Waals surface area contributed by atoms with Crippen molar-refractivity contribution in [3.63, 3.8) is 0 Å². The number of para-hydroxylation sites is 1. The zero-order valence-electron chi connectivity index (χ0n) is 10.3. The highest BCUT2D eigenvalue weighted by molar-refractivity contribution is 7.99. The summed E-state index contributed by atoms with van der Waals surface area (Å²) in [6.45, 7) is 0. The average molecular weight is 275 g/mol. The van der Waals surface area contributed by atoms with Gasteiger partial charge in [-0.15, -0.1) is 11.8 Å². The largest absolute Gasteiger partial charge is 0.489 e. The van der Waals surface area contributed by atoms with E-state index in [1.54, 1.807) is 17.8 Å². The van der Waals surface area contributed by atoms with Crippen LogP contribution in [0.1, 0.15) is 5.56 Å². The molecule has 1 heterocycles. The van der Waals surface area contributed by atoms with Gasteiger partial charge >= 0.3 is 0 Å². The number of nitrogen functional groups attached to an aromatic ring is 1. The fourth-order valence-corrected chi connectivity index (χ4v) is 3.05. The van der Waals surface area contributed by atoms with Crippen LogP contribution in [0, 0.1) is 5.82 Å². The quantitative estimate of drug-likeness (QED) is 0.688. The third-order valence-corrected chi connectivity index (χ3v) is 4.25. The number of benzene rings is 2. The lowest BCUT2D eigenvalue weighted by Crippen LogP contribution is -2.15. The Morgan fingerprint density at radius 3 is 2.89 bits per heavy atom. The zero-order valence-corrected chi connectivity index (χ0v) is 11.1. The number of hydrogen-bond acceptors (Lipinski definition) is 3. The maximum atomic E-state index is 13.3. The van der Waals surface area contributed by atoms with E-state index in [-0.39, 0.29) is 17.6 Å². The normalized spacial score (nSPS) is 17.0. The van der Waals surface area contributed by atoms with E-state index in [9.17, 15) is 4.39 Å². The van der Waals surface area contributed by atoms with Crippen LogP contribution in [0.15, 0.2) is 47.4 Å². The molecule has 1 unspecified atom stereocenters. The lowest BCUT2D eigenvalue weighted by atomic mass is 10.1. The van der Waals surface area contributed by atoms with Crippen LogP contribution in [0.2, 0.25) is 0 Å². The lowest BCUT2D eigenvalue weighted by Gasteiger charge is -2.10. The molecule has 0 aromatic heterocycles. The van der Waals surface area contributed by atoms with Crippen molar-refractivity contribution >= 4 is 17.4 Å². The summed E-state index contributed by atoms with van der Waals surface area (Å²) >= 11 is 1.59. The minimum atomic E-state index is -0.361. The Morgan fingerprint density at radius 1 is 1.26 bits per heavy atom. The first-order valence-corrected chi connectivity index (χ1v) is 7.13. The SMILES string of the molecule is Nc1ccc(SCC2Cc3ccccc3O2)cc1F. The Bertz CT molecular complexity index is 577. The van der Waals surface area contributed by atoms with Gasteiger partial charge in [0.25, 0.3) is 0 Å². The van der Waals surface area contributed by atoms with Gasteiger partial charge in [0.2, 0.25) is 0 Å². The molecule has 0 radical (unpaired) electrons. The second kappa shape index (κ2) is 5.13. The van der Waals surface area contributed by atoms with Crippen molar-refractivity contribution in [2.24, 2.45) is 0 Å². The van der Waals surface area contributed by atoms with E-state index in [4.69, 9.17) is 10.5 Å². The maximum absolute atomic E-state index is 13.3. The van der Waals surface area contributed by atoms with Gasteiger partial charge < -0.3 is 10.5 Å². The van der Waals surface area contributed by atoms with Crippen molar-refractivity contribution in [3.8, 4) is 5.75 Å². The summed E-state index contributed by atoms with van der Waals surface area (Å²) in [5.74, 6) is 1.41. The molecule has 4 heteroatoms. The Balaban J connectivity index is 1.61. The fourth-order valence-electron chi connectivity index (χ4n) is 2.13. The molecule has 2 aromatic rings. The highest BCUT2D eigenvalue weighted by Crippen LogP contribution is 2.31. The van der Waals surface area contributed by atoms with E-state index in [0.29, 0.717) is 0 Å². The summed E-state index contributed by atoms with van der Waals surface area (Å²) in [6.07, 6.45) is 1.07. The fraction of sp³-hybridized carbons (Fsp3) is 0.200. The summed E-state index contributed by atoms with van der Waals surface area (Å²) in [6, 6.07) is 13.0. The third kappa shape index (κ3) is 2.68. The van der Waals surface area contributed by atoms with Crippen molar-refractivity contribution < 1.29 is 9.13 Å². The second-order valence-corrected chi connectivity index (χ2v) is 5.64. The zero-order chi connectivity index (χ0) is 13.2. The van der Waals surface area contributed by atoms with Crippen molar-refractivity contribution in [2.45, 2.75) is 17.4 Å². The first kappa shape index (κ1) is 12.4. The molecule has 0 saturated carbocycles. The highest BCUT2D eigenvalue weighted by Gasteiger charge is 2.22. The molecule has 0 spiro atoms. The summed E-state index contributed by atoms with van der Waals surface area (Å²) in [7, 11) is 0. The number of anilines is 1. The highest BCUT2D eigenvalue weighted by atomic mass is 32.2. The monoisotopic (exact) mass is 275 g/mol. The molecule has 1 atom stereocenters. The minimum absolute atomic E-state index is 0.156. The molecule has 0 saturated heterocycles. The molecule has 0 aliphatic carbocycles. The maximum Gasteiger partial charge on any atom is 0.147 e. The molecular formula is C15H14FNOS. The molecule has 2 aromatic carbocycles. The van der Waals surface area contributed by atoms with E-state index < -0.39 is 0 Å². The molecule has 1 aliphatic heterocycles. The number of fused-ring (bicyclic) bond motifs is 1. The number of rotatable bonds is 3. The van der Waals surface area contributed by atoms with Crippen LogP contribution < -0.4 is 10.5 Å². The first-order chi connectivity index (χ1) is 9.22. The molecule has 0 fully saturated rings. The lowest BCUT2D eigenvalue weighted by molar-refractivity contribution is 0.259. The van der Waals surface area contributed by atoms with Gasteiger partial charge in [0.15, 0.2) is 0 Å². The van der Waals surface area contributed by atoms with Crippen LogP contribution >= 0.6 is 11.8 Å². The van der Waals surface area contributed by atoms with E-state index in [2.05, 4.69) is 6.07 Å². The summed E-state index contributed by atoms with van der Waals surface area (Å²) < 4.78 is 19.2. The molecule has 98 valence electrons. The molecule has 19 heavy (non-hydrogen) atoms. The summed E-state index contributed by atoms with van der Waals surface area (Å²) in [4.78, 5) is 0.881. The molecule has 3 rings (SSSR count). The van der Waals surface area contributed by atoms with Crippen molar-refractivity contribution in [1.82, 2.24) is 0 Å².